The largest absolute Gasteiger partial charge is 0.412 e. The fourth-order valence-electron chi connectivity index (χ4n) is 2.10. The van der Waals surface area contributed by atoms with Crippen molar-refractivity contribution in [2.24, 2.45) is 0 Å². The standard InChI is InChI=1S/C16H15N5O3S/c1-9(2)25(23)11-5-3-10(4-6-11)12-7-18-15(17)14(19-12)16-21-20-13(8-22)24-16/h3-9H,1-2H3,(H2,17,18). The van der Waals surface area contributed by atoms with Crippen LogP contribution < -0.4 is 5.73 Å². The zero-order valence-electron chi connectivity index (χ0n) is 13.5. The van der Waals surface area contributed by atoms with E-state index in [0.717, 1.165) is 10.5 Å². The van der Waals surface area contributed by atoms with Crippen LogP contribution in [0.2, 0.25) is 0 Å². The Morgan fingerprint density at radius 2 is 1.92 bits per heavy atom. The molecule has 0 spiro atoms. The molecule has 3 rings (SSSR count). The van der Waals surface area contributed by atoms with Gasteiger partial charge in [-0.2, -0.15) is 0 Å². The smallest absolute Gasteiger partial charge is 0.281 e. The van der Waals surface area contributed by atoms with Gasteiger partial charge in [-0.25, -0.2) is 9.97 Å². The van der Waals surface area contributed by atoms with E-state index in [1.165, 1.54) is 6.20 Å². The third-order valence-electron chi connectivity index (χ3n) is 3.36. The number of aromatic nitrogens is 4. The molecule has 2 N–H and O–H groups in total. The summed E-state index contributed by atoms with van der Waals surface area (Å²) in [5, 5.41) is 7.34. The molecule has 9 heteroatoms. The third kappa shape index (κ3) is 3.45. The predicted molar refractivity (Wildman–Crippen MR) is 92.1 cm³/mol. The molecule has 0 fully saturated rings. The van der Waals surface area contributed by atoms with Crippen LogP contribution in [0, 0.1) is 0 Å². The minimum Gasteiger partial charge on any atom is -0.412 e. The number of nitrogens with two attached hydrogens (primary N) is 1. The molecule has 8 nitrogen and oxygen atoms in total. The summed E-state index contributed by atoms with van der Waals surface area (Å²) in [5.41, 5.74) is 7.33. The number of benzene rings is 1. The molecule has 2 aromatic heterocycles. The number of rotatable bonds is 5. The average molecular weight is 357 g/mol. The Morgan fingerprint density at radius 3 is 2.52 bits per heavy atom. The van der Waals surface area contributed by atoms with Gasteiger partial charge in [0.1, 0.15) is 0 Å². The Morgan fingerprint density at radius 1 is 1.20 bits per heavy atom. The van der Waals surface area contributed by atoms with E-state index in [-0.39, 0.29) is 28.5 Å². The number of anilines is 1. The molecule has 0 saturated carbocycles. The summed E-state index contributed by atoms with van der Waals surface area (Å²) in [6.07, 6.45) is 1.96. The lowest BCUT2D eigenvalue weighted by atomic mass is 10.1. The van der Waals surface area contributed by atoms with Crippen molar-refractivity contribution in [2.75, 3.05) is 5.73 Å². The summed E-state index contributed by atoms with van der Waals surface area (Å²) < 4.78 is 17.3. The van der Waals surface area contributed by atoms with Crippen molar-refractivity contribution in [3.63, 3.8) is 0 Å². The highest BCUT2D eigenvalue weighted by atomic mass is 32.2. The normalized spacial score (nSPS) is 12.3. The number of aldehydes is 1. The van der Waals surface area contributed by atoms with E-state index in [1.807, 2.05) is 26.0 Å². The van der Waals surface area contributed by atoms with Crippen LogP contribution in [0.3, 0.4) is 0 Å². The lowest BCUT2D eigenvalue weighted by molar-refractivity contribution is 0.109. The number of carbonyl (C=O) groups excluding carboxylic acids is 1. The van der Waals surface area contributed by atoms with Crippen molar-refractivity contribution in [1.29, 1.82) is 0 Å². The molecule has 128 valence electrons. The number of hydrogen-bond acceptors (Lipinski definition) is 8. The maximum atomic E-state index is 12.1. The molecule has 0 aliphatic heterocycles. The van der Waals surface area contributed by atoms with Crippen LogP contribution >= 0.6 is 0 Å². The Hall–Kier alpha value is -2.94. The molecule has 1 aromatic carbocycles. The molecule has 1 unspecified atom stereocenters. The predicted octanol–water partition coefficient (Wildman–Crippen LogP) is 2.10. The van der Waals surface area contributed by atoms with E-state index in [2.05, 4.69) is 20.2 Å². The molecule has 3 aromatic rings. The summed E-state index contributed by atoms with van der Waals surface area (Å²) >= 11 is 0. The molecule has 0 bridgehead atoms. The maximum Gasteiger partial charge on any atom is 0.281 e. The minimum atomic E-state index is -1.06. The fourth-order valence-corrected chi connectivity index (χ4v) is 3.05. The highest BCUT2D eigenvalue weighted by Crippen LogP contribution is 2.25. The van der Waals surface area contributed by atoms with Gasteiger partial charge in [-0.1, -0.05) is 26.0 Å². The minimum absolute atomic E-state index is 0.0199. The summed E-state index contributed by atoms with van der Waals surface area (Å²) in [7, 11) is -1.06. The van der Waals surface area contributed by atoms with Crippen LogP contribution in [0.1, 0.15) is 24.5 Å². The van der Waals surface area contributed by atoms with Gasteiger partial charge in [-0.3, -0.25) is 9.00 Å². The first kappa shape index (κ1) is 16.9. The van der Waals surface area contributed by atoms with Crippen LogP contribution in [0.15, 0.2) is 39.8 Å². The first-order chi connectivity index (χ1) is 12.0. The molecule has 0 aliphatic carbocycles. The SMILES string of the molecule is CC(C)S(=O)c1ccc(-c2cnc(N)c(-c3nnc(C=O)o3)n2)cc1. The molecular weight excluding hydrogens is 342 g/mol. The van der Waals surface area contributed by atoms with Gasteiger partial charge in [-0.15, -0.1) is 10.2 Å². The quantitative estimate of drug-likeness (QED) is 0.688. The van der Waals surface area contributed by atoms with Gasteiger partial charge >= 0.3 is 0 Å². The Balaban J connectivity index is 1.97. The van der Waals surface area contributed by atoms with Crippen LogP contribution in [0.4, 0.5) is 5.82 Å². The average Bonchev–Trinajstić information content (AvgIpc) is 3.10. The van der Waals surface area contributed by atoms with Crippen molar-refractivity contribution in [2.45, 2.75) is 24.0 Å². The van der Waals surface area contributed by atoms with Crippen molar-refractivity contribution >= 4 is 22.9 Å². The summed E-state index contributed by atoms with van der Waals surface area (Å²) in [6.45, 7) is 3.81. The van der Waals surface area contributed by atoms with Crippen molar-refractivity contribution in [3.8, 4) is 22.8 Å². The Kier molecular flexibility index (Phi) is 4.66. The molecule has 0 radical (unpaired) electrons. The molecule has 1 atom stereocenters. The first-order valence-electron chi connectivity index (χ1n) is 7.42. The van der Waals surface area contributed by atoms with Gasteiger partial charge in [-0.05, 0) is 12.1 Å². The lowest BCUT2D eigenvalue weighted by Gasteiger charge is -2.07. The van der Waals surface area contributed by atoms with E-state index in [9.17, 15) is 9.00 Å². The van der Waals surface area contributed by atoms with Crippen molar-refractivity contribution in [1.82, 2.24) is 20.2 Å². The molecule has 0 amide bonds. The van der Waals surface area contributed by atoms with Crippen LogP contribution in [0.25, 0.3) is 22.8 Å². The fraction of sp³-hybridized carbons (Fsp3) is 0.188. The molecule has 25 heavy (non-hydrogen) atoms. The van der Waals surface area contributed by atoms with Crippen LogP contribution in [-0.4, -0.2) is 35.9 Å². The highest BCUT2D eigenvalue weighted by molar-refractivity contribution is 7.85. The van der Waals surface area contributed by atoms with Crippen LogP contribution in [-0.2, 0) is 10.8 Å². The van der Waals surface area contributed by atoms with Gasteiger partial charge in [0.2, 0.25) is 6.29 Å². The van der Waals surface area contributed by atoms with Gasteiger partial charge in [0.25, 0.3) is 11.8 Å². The molecular formula is C16H15N5O3S. The molecule has 0 saturated heterocycles. The van der Waals surface area contributed by atoms with E-state index in [1.54, 1.807) is 12.1 Å². The third-order valence-corrected chi connectivity index (χ3v) is 4.95. The summed E-state index contributed by atoms with van der Waals surface area (Å²) in [5.74, 6) is -0.0315. The van der Waals surface area contributed by atoms with E-state index < -0.39 is 10.8 Å². The van der Waals surface area contributed by atoms with Crippen molar-refractivity contribution in [3.05, 3.63) is 36.4 Å². The zero-order valence-corrected chi connectivity index (χ0v) is 14.4. The second-order valence-electron chi connectivity index (χ2n) is 5.42. The monoisotopic (exact) mass is 357 g/mol. The number of nitrogens with zero attached hydrogens (tertiary/aromatic N) is 4. The topological polar surface area (TPSA) is 125 Å². The number of nitrogen functional groups attached to an aromatic ring is 1. The molecule has 2 heterocycles. The van der Waals surface area contributed by atoms with Gasteiger partial charge < -0.3 is 10.2 Å². The second kappa shape index (κ2) is 6.89. The number of carbonyl (C=O) groups is 1. The molecule has 0 aliphatic rings. The summed E-state index contributed by atoms with van der Waals surface area (Å²) in [4.78, 5) is 19.9. The Bertz CT molecular complexity index is 937. The highest BCUT2D eigenvalue weighted by Gasteiger charge is 2.16. The Labute approximate surface area is 146 Å². The second-order valence-corrected chi connectivity index (χ2v) is 7.43. The van der Waals surface area contributed by atoms with E-state index >= 15 is 0 Å². The van der Waals surface area contributed by atoms with Gasteiger partial charge in [0, 0.05) is 15.7 Å². The summed E-state index contributed by atoms with van der Waals surface area (Å²) in [6, 6.07) is 7.20. The number of hydrogen-bond donors (Lipinski definition) is 1. The maximum absolute atomic E-state index is 12.1. The van der Waals surface area contributed by atoms with E-state index in [4.69, 9.17) is 10.2 Å². The zero-order chi connectivity index (χ0) is 18.0. The van der Waals surface area contributed by atoms with E-state index in [0.29, 0.717) is 12.0 Å². The lowest BCUT2D eigenvalue weighted by Crippen LogP contribution is -2.05. The van der Waals surface area contributed by atoms with Gasteiger partial charge in [0.05, 0.1) is 22.7 Å². The van der Waals surface area contributed by atoms with Crippen LogP contribution in [0.5, 0.6) is 0 Å². The first-order valence-corrected chi connectivity index (χ1v) is 8.63. The van der Waals surface area contributed by atoms with Gasteiger partial charge in [0.15, 0.2) is 11.5 Å². The van der Waals surface area contributed by atoms with Crippen molar-refractivity contribution < 1.29 is 13.4 Å².